The largest absolute Gasteiger partial charge is 0.369 e. The van der Waals surface area contributed by atoms with E-state index >= 15 is 0 Å². The highest BCUT2D eigenvalue weighted by Crippen LogP contribution is 2.34. The zero-order chi connectivity index (χ0) is 12.4. The normalized spacial score (nSPS) is 20.5. The Hall–Kier alpha value is -1.02. The van der Waals surface area contributed by atoms with Crippen LogP contribution in [0.15, 0.2) is 18.2 Å². The first kappa shape index (κ1) is 12.4. The summed E-state index contributed by atoms with van der Waals surface area (Å²) in [6, 6.07) is 7.97. The molecule has 0 aromatic heterocycles. The van der Waals surface area contributed by atoms with Gasteiger partial charge in [0.05, 0.1) is 0 Å². The van der Waals surface area contributed by atoms with E-state index in [1.54, 1.807) is 5.56 Å². The number of anilines is 1. The van der Waals surface area contributed by atoms with Gasteiger partial charge in [-0.15, -0.1) is 0 Å². The Morgan fingerprint density at radius 2 is 2.24 bits per heavy atom. The molecule has 1 heterocycles. The fourth-order valence-corrected chi connectivity index (χ4v) is 2.87. The molecule has 0 radical (unpaired) electrons. The lowest BCUT2D eigenvalue weighted by molar-refractivity contribution is 0.605. The molecule has 1 aliphatic heterocycles. The molecule has 1 aromatic rings. The Morgan fingerprint density at radius 3 is 2.88 bits per heavy atom. The van der Waals surface area contributed by atoms with Crippen molar-refractivity contribution in [1.29, 1.82) is 0 Å². The van der Waals surface area contributed by atoms with Crippen LogP contribution in [-0.2, 0) is 12.8 Å². The molecule has 17 heavy (non-hydrogen) atoms. The molecule has 94 valence electrons. The maximum absolute atomic E-state index is 3.33. The van der Waals surface area contributed by atoms with Gasteiger partial charge in [0, 0.05) is 24.3 Å². The molecular weight excluding hydrogens is 208 g/mol. The van der Waals surface area contributed by atoms with E-state index in [2.05, 4.69) is 49.2 Å². The van der Waals surface area contributed by atoms with Crippen LogP contribution in [0.4, 0.5) is 5.69 Å². The van der Waals surface area contributed by atoms with Gasteiger partial charge in [-0.1, -0.05) is 12.1 Å². The molecule has 0 aliphatic carbocycles. The molecular formula is C15H24N2. The molecule has 1 aliphatic rings. The summed E-state index contributed by atoms with van der Waals surface area (Å²) in [6.45, 7) is 7.93. The van der Waals surface area contributed by atoms with Crippen molar-refractivity contribution in [2.24, 2.45) is 0 Å². The number of rotatable bonds is 4. The molecule has 0 fully saturated rings. The van der Waals surface area contributed by atoms with Crippen LogP contribution in [0.5, 0.6) is 0 Å². The summed E-state index contributed by atoms with van der Waals surface area (Å²) in [5.74, 6) is 0. The third kappa shape index (κ3) is 2.32. The van der Waals surface area contributed by atoms with Crippen molar-refractivity contribution in [3.63, 3.8) is 0 Å². The molecule has 1 aromatic carbocycles. The van der Waals surface area contributed by atoms with Crippen LogP contribution in [0.1, 0.15) is 31.9 Å². The van der Waals surface area contributed by atoms with Crippen molar-refractivity contribution in [2.45, 2.75) is 45.7 Å². The highest BCUT2D eigenvalue weighted by atomic mass is 15.2. The van der Waals surface area contributed by atoms with Crippen molar-refractivity contribution in [1.82, 2.24) is 5.32 Å². The van der Waals surface area contributed by atoms with Gasteiger partial charge in [0.2, 0.25) is 0 Å². The molecule has 2 rings (SSSR count). The second-order valence-electron chi connectivity index (χ2n) is 5.15. The third-order valence-electron chi connectivity index (χ3n) is 3.95. The van der Waals surface area contributed by atoms with E-state index in [0.717, 1.165) is 13.0 Å². The van der Waals surface area contributed by atoms with Crippen LogP contribution >= 0.6 is 0 Å². The van der Waals surface area contributed by atoms with E-state index < -0.39 is 0 Å². The Kier molecular flexibility index (Phi) is 3.72. The SMILES string of the molecule is CCN1c2cccc(CC(C)NC)c2CC1C. The number of nitrogens with zero attached hydrogens (tertiary/aromatic N) is 1. The summed E-state index contributed by atoms with van der Waals surface area (Å²) in [4.78, 5) is 2.52. The van der Waals surface area contributed by atoms with Crippen molar-refractivity contribution in [2.75, 3.05) is 18.5 Å². The van der Waals surface area contributed by atoms with Crippen LogP contribution in [0.2, 0.25) is 0 Å². The monoisotopic (exact) mass is 232 g/mol. The van der Waals surface area contributed by atoms with Crippen LogP contribution in [0.25, 0.3) is 0 Å². The number of fused-ring (bicyclic) bond motifs is 1. The predicted octanol–water partition coefficient (Wildman–Crippen LogP) is 2.61. The summed E-state index contributed by atoms with van der Waals surface area (Å²) in [5.41, 5.74) is 4.55. The number of nitrogens with one attached hydrogen (secondary N) is 1. The van der Waals surface area contributed by atoms with Crippen molar-refractivity contribution < 1.29 is 0 Å². The molecule has 0 spiro atoms. The van der Waals surface area contributed by atoms with E-state index in [1.807, 2.05) is 7.05 Å². The minimum absolute atomic E-state index is 0.549. The fraction of sp³-hybridized carbons (Fsp3) is 0.600. The summed E-state index contributed by atoms with van der Waals surface area (Å²) < 4.78 is 0. The highest BCUT2D eigenvalue weighted by Gasteiger charge is 2.26. The lowest BCUT2D eigenvalue weighted by atomic mass is 9.98. The molecule has 2 nitrogen and oxygen atoms in total. The Labute approximate surface area is 105 Å². The van der Waals surface area contributed by atoms with Crippen LogP contribution < -0.4 is 10.2 Å². The Morgan fingerprint density at radius 1 is 1.47 bits per heavy atom. The average Bonchev–Trinajstić information content (AvgIpc) is 2.65. The van der Waals surface area contributed by atoms with Gasteiger partial charge in [0.15, 0.2) is 0 Å². The van der Waals surface area contributed by atoms with E-state index in [0.29, 0.717) is 12.1 Å². The first-order chi connectivity index (χ1) is 8.17. The maximum Gasteiger partial charge on any atom is 0.0404 e. The summed E-state index contributed by atoms with van der Waals surface area (Å²) in [7, 11) is 2.04. The average molecular weight is 232 g/mol. The first-order valence-corrected chi connectivity index (χ1v) is 6.72. The number of hydrogen-bond donors (Lipinski definition) is 1. The van der Waals surface area contributed by atoms with Gasteiger partial charge in [-0.3, -0.25) is 0 Å². The predicted molar refractivity (Wildman–Crippen MR) is 74.9 cm³/mol. The first-order valence-electron chi connectivity index (χ1n) is 6.72. The minimum Gasteiger partial charge on any atom is -0.369 e. The fourth-order valence-electron chi connectivity index (χ4n) is 2.87. The molecule has 1 N–H and O–H groups in total. The van der Waals surface area contributed by atoms with Crippen molar-refractivity contribution >= 4 is 5.69 Å². The minimum atomic E-state index is 0.549. The zero-order valence-electron chi connectivity index (χ0n) is 11.5. The van der Waals surface area contributed by atoms with Crippen molar-refractivity contribution in [3.8, 4) is 0 Å². The smallest absolute Gasteiger partial charge is 0.0404 e. The van der Waals surface area contributed by atoms with E-state index in [9.17, 15) is 0 Å². The van der Waals surface area contributed by atoms with Gasteiger partial charge in [0.1, 0.15) is 0 Å². The molecule has 0 amide bonds. The van der Waals surface area contributed by atoms with Gasteiger partial charge < -0.3 is 10.2 Å². The van der Waals surface area contributed by atoms with E-state index in [-0.39, 0.29) is 0 Å². The lowest BCUT2D eigenvalue weighted by Crippen LogP contribution is -2.28. The second kappa shape index (κ2) is 5.09. The molecule has 0 saturated carbocycles. The van der Waals surface area contributed by atoms with Crippen LogP contribution in [0.3, 0.4) is 0 Å². The van der Waals surface area contributed by atoms with Gasteiger partial charge in [-0.05, 0) is 57.9 Å². The molecule has 2 heteroatoms. The summed E-state index contributed by atoms with van der Waals surface area (Å²) in [5, 5.41) is 3.33. The number of benzene rings is 1. The summed E-state index contributed by atoms with van der Waals surface area (Å²) in [6.07, 6.45) is 2.33. The molecule has 0 bridgehead atoms. The second-order valence-corrected chi connectivity index (χ2v) is 5.15. The topological polar surface area (TPSA) is 15.3 Å². The number of likely N-dealkylation sites (N-methyl/N-ethyl adjacent to an activating group) is 2. The Bertz CT molecular complexity index is 387. The quantitative estimate of drug-likeness (QED) is 0.858. The highest BCUT2D eigenvalue weighted by molar-refractivity contribution is 5.62. The number of hydrogen-bond acceptors (Lipinski definition) is 2. The summed E-state index contributed by atoms with van der Waals surface area (Å²) >= 11 is 0. The maximum atomic E-state index is 3.33. The van der Waals surface area contributed by atoms with Gasteiger partial charge in [-0.25, -0.2) is 0 Å². The van der Waals surface area contributed by atoms with Gasteiger partial charge in [-0.2, -0.15) is 0 Å². The third-order valence-corrected chi connectivity index (χ3v) is 3.95. The van der Waals surface area contributed by atoms with Gasteiger partial charge in [0.25, 0.3) is 0 Å². The Balaban J connectivity index is 2.30. The molecule has 0 saturated heterocycles. The molecule has 2 atom stereocenters. The van der Waals surface area contributed by atoms with Crippen LogP contribution in [-0.4, -0.2) is 25.7 Å². The van der Waals surface area contributed by atoms with Crippen molar-refractivity contribution in [3.05, 3.63) is 29.3 Å². The zero-order valence-corrected chi connectivity index (χ0v) is 11.5. The van der Waals surface area contributed by atoms with E-state index in [1.165, 1.54) is 17.7 Å². The molecule has 2 unspecified atom stereocenters. The van der Waals surface area contributed by atoms with Gasteiger partial charge >= 0.3 is 0 Å². The van der Waals surface area contributed by atoms with Crippen LogP contribution in [0, 0.1) is 0 Å². The lowest BCUT2D eigenvalue weighted by Gasteiger charge is -2.22. The standard InChI is InChI=1S/C15H24N2/c1-5-17-12(3)10-14-13(9-11(2)16-4)7-6-8-15(14)17/h6-8,11-12,16H,5,9-10H2,1-4H3. The van der Waals surface area contributed by atoms with E-state index in [4.69, 9.17) is 0 Å².